The molecule has 6 heteroatoms. The van der Waals surface area contributed by atoms with E-state index in [1.807, 2.05) is 74.5 Å². The van der Waals surface area contributed by atoms with Gasteiger partial charge in [0.25, 0.3) is 0 Å². The zero-order valence-electron chi connectivity index (χ0n) is 17.7. The van der Waals surface area contributed by atoms with Gasteiger partial charge in [-0.15, -0.1) is 0 Å². The van der Waals surface area contributed by atoms with Crippen LogP contribution in [0.15, 0.2) is 71.8 Å². The quantitative estimate of drug-likeness (QED) is 0.317. The van der Waals surface area contributed by atoms with Crippen LogP contribution >= 0.6 is 11.8 Å². The van der Waals surface area contributed by atoms with Crippen LogP contribution in [0.4, 0.5) is 5.69 Å². The highest BCUT2D eigenvalue weighted by molar-refractivity contribution is 8.00. The van der Waals surface area contributed by atoms with E-state index in [0.717, 1.165) is 32.6 Å². The van der Waals surface area contributed by atoms with Crippen molar-refractivity contribution in [2.45, 2.75) is 18.9 Å². The molecule has 0 aliphatic heterocycles. The molecule has 0 aliphatic rings. The molecule has 4 rings (SSSR count). The molecular weight excluding hydrogens is 406 g/mol. The van der Waals surface area contributed by atoms with Gasteiger partial charge < -0.3 is 10.1 Å². The lowest BCUT2D eigenvalue weighted by atomic mass is 10.1. The van der Waals surface area contributed by atoms with Crippen LogP contribution in [0.2, 0.25) is 0 Å². The number of carbonyl (C=O) groups is 1. The number of rotatable bonds is 6. The van der Waals surface area contributed by atoms with Crippen molar-refractivity contribution in [1.29, 1.82) is 0 Å². The highest BCUT2D eigenvalue weighted by Crippen LogP contribution is 2.30. The Morgan fingerprint density at radius 2 is 1.71 bits per heavy atom. The largest absolute Gasteiger partial charge is 0.495 e. The molecule has 0 radical (unpaired) electrons. The number of benzene rings is 3. The zero-order valence-corrected chi connectivity index (χ0v) is 18.5. The van der Waals surface area contributed by atoms with Crippen LogP contribution < -0.4 is 10.1 Å². The van der Waals surface area contributed by atoms with E-state index in [4.69, 9.17) is 14.7 Å². The summed E-state index contributed by atoms with van der Waals surface area (Å²) in [6.45, 7) is 4.01. The van der Waals surface area contributed by atoms with Gasteiger partial charge in [-0.05, 0) is 43.7 Å². The number of anilines is 1. The number of nitrogens with zero attached hydrogens (tertiary/aromatic N) is 2. The number of hydrogen-bond donors (Lipinski definition) is 1. The molecule has 0 spiro atoms. The number of carbonyl (C=O) groups excluding carboxylic acids is 1. The van der Waals surface area contributed by atoms with Gasteiger partial charge in [0.1, 0.15) is 10.8 Å². The Balaban J connectivity index is 1.61. The molecule has 4 aromatic rings. The van der Waals surface area contributed by atoms with Crippen molar-refractivity contribution >= 4 is 34.3 Å². The van der Waals surface area contributed by atoms with Crippen molar-refractivity contribution < 1.29 is 9.53 Å². The number of amides is 1. The maximum atomic E-state index is 12.7. The number of aryl methyl sites for hydroxylation is 2. The number of thioether (sulfide) groups is 1. The first-order valence-electron chi connectivity index (χ1n) is 9.94. The molecule has 3 aromatic carbocycles. The van der Waals surface area contributed by atoms with E-state index in [0.29, 0.717) is 17.3 Å². The summed E-state index contributed by atoms with van der Waals surface area (Å²) < 4.78 is 5.36. The second-order valence-corrected chi connectivity index (χ2v) is 8.24. The highest BCUT2D eigenvalue weighted by atomic mass is 32.2. The fourth-order valence-corrected chi connectivity index (χ4v) is 4.09. The third-order valence-corrected chi connectivity index (χ3v) is 5.81. The Kier molecular flexibility index (Phi) is 6.18. The van der Waals surface area contributed by atoms with Gasteiger partial charge in [-0.1, -0.05) is 59.8 Å². The number of fused-ring (bicyclic) bond motifs is 1. The number of nitrogens with one attached hydrogen (secondary N) is 1. The molecule has 31 heavy (non-hydrogen) atoms. The molecule has 0 atom stereocenters. The Morgan fingerprint density at radius 3 is 2.48 bits per heavy atom. The smallest absolute Gasteiger partial charge is 0.234 e. The van der Waals surface area contributed by atoms with Crippen molar-refractivity contribution in [2.75, 3.05) is 18.2 Å². The SMILES string of the molecule is COc1ccc(C)cc1NC(=O)CSc1nc(-c2ccccc2)nc2ccc(C)cc12. The van der Waals surface area contributed by atoms with Crippen LogP contribution in [0.25, 0.3) is 22.3 Å². The summed E-state index contributed by atoms with van der Waals surface area (Å²) in [7, 11) is 1.59. The predicted molar refractivity (Wildman–Crippen MR) is 127 cm³/mol. The number of methoxy groups -OCH3 is 1. The third-order valence-electron chi connectivity index (χ3n) is 4.82. The first-order valence-corrected chi connectivity index (χ1v) is 10.9. The first kappa shape index (κ1) is 20.9. The average Bonchev–Trinajstić information content (AvgIpc) is 2.78. The van der Waals surface area contributed by atoms with Gasteiger partial charge >= 0.3 is 0 Å². The number of aromatic nitrogens is 2. The summed E-state index contributed by atoms with van der Waals surface area (Å²) >= 11 is 1.41. The fourth-order valence-electron chi connectivity index (χ4n) is 3.28. The molecule has 0 unspecified atom stereocenters. The van der Waals surface area contributed by atoms with Crippen LogP contribution in [0.5, 0.6) is 5.75 Å². The van der Waals surface area contributed by atoms with E-state index < -0.39 is 0 Å². The molecule has 0 fully saturated rings. The van der Waals surface area contributed by atoms with Crippen molar-refractivity contribution in [1.82, 2.24) is 9.97 Å². The number of hydrogen-bond acceptors (Lipinski definition) is 5. The van der Waals surface area contributed by atoms with Crippen LogP contribution in [0.1, 0.15) is 11.1 Å². The van der Waals surface area contributed by atoms with Gasteiger partial charge in [-0.3, -0.25) is 4.79 Å². The average molecular weight is 430 g/mol. The van der Waals surface area contributed by atoms with E-state index in [-0.39, 0.29) is 11.7 Å². The fraction of sp³-hybridized carbons (Fsp3) is 0.160. The van der Waals surface area contributed by atoms with Crippen molar-refractivity contribution in [3.8, 4) is 17.1 Å². The summed E-state index contributed by atoms with van der Waals surface area (Å²) in [5.74, 6) is 1.40. The van der Waals surface area contributed by atoms with Crippen LogP contribution in [-0.4, -0.2) is 28.7 Å². The minimum atomic E-state index is -0.116. The normalized spacial score (nSPS) is 10.8. The molecular formula is C25H23N3O2S. The summed E-state index contributed by atoms with van der Waals surface area (Å²) in [5.41, 5.74) is 4.65. The molecule has 1 aromatic heterocycles. The van der Waals surface area contributed by atoms with Crippen LogP contribution in [0.3, 0.4) is 0 Å². The maximum Gasteiger partial charge on any atom is 0.234 e. The molecule has 1 N–H and O–H groups in total. The minimum Gasteiger partial charge on any atom is -0.495 e. The molecule has 1 heterocycles. The summed E-state index contributed by atoms with van der Waals surface area (Å²) in [6.07, 6.45) is 0. The van der Waals surface area contributed by atoms with E-state index in [9.17, 15) is 4.79 Å². The maximum absolute atomic E-state index is 12.7. The second-order valence-electron chi connectivity index (χ2n) is 7.28. The first-order chi connectivity index (χ1) is 15.0. The lowest BCUT2D eigenvalue weighted by Gasteiger charge is -2.12. The van der Waals surface area contributed by atoms with Crippen LogP contribution in [-0.2, 0) is 4.79 Å². The topological polar surface area (TPSA) is 64.1 Å². The molecule has 5 nitrogen and oxygen atoms in total. The van der Waals surface area contributed by atoms with Crippen molar-refractivity contribution in [3.05, 3.63) is 77.9 Å². The Labute approximate surface area is 185 Å². The van der Waals surface area contributed by atoms with E-state index >= 15 is 0 Å². The summed E-state index contributed by atoms with van der Waals surface area (Å²) in [6, 6.07) is 21.7. The van der Waals surface area contributed by atoms with Crippen LogP contribution in [0, 0.1) is 13.8 Å². The molecule has 156 valence electrons. The van der Waals surface area contributed by atoms with E-state index in [1.165, 1.54) is 11.8 Å². The molecule has 0 aliphatic carbocycles. The zero-order chi connectivity index (χ0) is 21.8. The molecule has 0 saturated heterocycles. The Hall–Kier alpha value is -3.38. The summed E-state index contributed by atoms with van der Waals surface area (Å²) in [5, 5.41) is 4.69. The summed E-state index contributed by atoms with van der Waals surface area (Å²) in [4.78, 5) is 22.2. The second kappa shape index (κ2) is 9.18. The van der Waals surface area contributed by atoms with Gasteiger partial charge in [0.2, 0.25) is 5.91 Å². The van der Waals surface area contributed by atoms with Gasteiger partial charge in [0.05, 0.1) is 24.1 Å². The van der Waals surface area contributed by atoms with Crippen molar-refractivity contribution in [2.24, 2.45) is 0 Å². The molecule has 0 bridgehead atoms. The Bertz CT molecular complexity index is 1240. The molecule has 0 saturated carbocycles. The molecule has 1 amide bonds. The standard InChI is InChI=1S/C25H23N3O2S/c1-16-9-11-20-19(13-16)25(28-24(27-20)18-7-5-4-6-8-18)31-15-23(29)26-21-14-17(2)10-12-22(21)30-3/h4-14H,15H2,1-3H3,(H,26,29). The van der Waals surface area contributed by atoms with Gasteiger partial charge in [0.15, 0.2) is 5.82 Å². The Morgan fingerprint density at radius 1 is 0.968 bits per heavy atom. The predicted octanol–water partition coefficient (Wildman–Crippen LogP) is 5.65. The van der Waals surface area contributed by atoms with E-state index in [2.05, 4.69) is 11.4 Å². The van der Waals surface area contributed by atoms with Crippen molar-refractivity contribution in [3.63, 3.8) is 0 Å². The van der Waals surface area contributed by atoms with Gasteiger partial charge in [0, 0.05) is 10.9 Å². The monoisotopic (exact) mass is 429 g/mol. The lowest BCUT2D eigenvalue weighted by Crippen LogP contribution is -2.15. The third kappa shape index (κ3) is 4.86. The van der Waals surface area contributed by atoms with Gasteiger partial charge in [-0.2, -0.15) is 0 Å². The van der Waals surface area contributed by atoms with E-state index in [1.54, 1.807) is 7.11 Å². The number of ether oxygens (including phenoxy) is 1. The highest BCUT2D eigenvalue weighted by Gasteiger charge is 2.13. The lowest BCUT2D eigenvalue weighted by molar-refractivity contribution is -0.113. The van der Waals surface area contributed by atoms with Gasteiger partial charge in [-0.25, -0.2) is 9.97 Å². The minimum absolute atomic E-state index is 0.116.